The van der Waals surface area contributed by atoms with E-state index in [1.807, 2.05) is 18.2 Å². The Hall–Kier alpha value is -1.88. The van der Waals surface area contributed by atoms with Gasteiger partial charge in [-0.25, -0.2) is 4.98 Å². The maximum atomic E-state index is 11.7. The molecule has 1 aromatic heterocycles. The van der Waals surface area contributed by atoms with Crippen molar-refractivity contribution in [2.24, 2.45) is 0 Å². The Balaban J connectivity index is 1.82. The molecule has 0 radical (unpaired) electrons. The first-order valence-corrected chi connectivity index (χ1v) is 6.65. The third-order valence-electron chi connectivity index (χ3n) is 3.41. The molecule has 2 aromatic rings. The van der Waals surface area contributed by atoms with Gasteiger partial charge in [0.05, 0.1) is 6.04 Å². The predicted molar refractivity (Wildman–Crippen MR) is 71.9 cm³/mol. The zero-order valence-electron chi connectivity index (χ0n) is 10.9. The van der Waals surface area contributed by atoms with Gasteiger partial charge in [-0.15, -0.1) is 0 Å². The highest BCUT2D eigenvalue weighted by Crippen LogP contribution is 2.18. The standard InChI is InChI=1S/C14H17N3O2/c1-2-9-3-4-12-10(7-9)17-13(19-12)8-11-14(18)16-6-5-15-11/h3-4,7,11,15H,2,5-6,8H2,1H3,(H,16,18). The number of oxazole rings is 1. The zero-order valence-corrected chi connectivity index (χ0v) is 10.9. The number of nitrogens with zero attached hydrogens (tertiary/aromatic N) is 1. The summed E-state index contributed by atoms with van der Waals surface area (Å²) in [6.45, 7) is 3.58. The average molecular weight is 259 g/mol. The van der Waals surface area contributed by atoms with Crippen molar-refractivity contribution in [1.29, 1.82) is 0 Å². The fourth-order valence-corrected chi connectivity index (χ4v) is 2.32. The van der Waals surface area contributed by atoms with Gasteiger partial charge in [0.15, 0.2) is 11.5 Å². The largest absolute Gasteiger partial charge is 0.441 e. The van der Waals surface area contributed by atoms with Crippen molar-refractivity contribution in [3.8, 4) is 0 Å². The van der Waals surface area contributed by atoms with Gasteiger partial charge in [-0.2, -0.15) is 0 Å². The van der Waals surface area contributed by atoms with Crippen LogP contribution in [0.4, 0.5) is 0 Å². The topological polar surface area (TPSA) is 67.2 Å². The van der Waals surface area contributed by atoms with Crippen LogP contribution in [-0.2, 0) is 17.6 Å². The third-order valence-corrected chi connectivity index (χ3v) is 3.41. The summed E-state index contributed by atoms with van der Waals surface area (Å²) in [7, 11) is 0. The number of fused-ring (bicyclic) bond motifs is 1. The van der Waals surface area contributed by atoms with Crippen molar-refractivity contribution in [3.63, 3.8) is 0 Å². The quantitative estimate of drug-likeness (QED) is 0.863. The number of aryl methyl sites for hydroxylation is 1. The number of benzene rings is 1. The molecule has 1 aromatic carbocycles. The van der Waals surface area contributed by atoms with Crippen molar-refractivity contribution >= 4 is 17.0 Å². The maximum Gasteiger partial charge on any atom is 0.237 e. The van der Waals surface area contributed by atoms with Crippen LogP contribution in [-0.4, -0.2) is 30.0 Å². The van der Waals surface area contributed by atoms with Crippen LogP contribution >= 0.6 is 0 Å². The minimum Gasteiger partial charge on any atom is -0.441 e. The van der Waals surface area contributed by atoms with Crippen LogP contribution in [0, 0.1) is 0 Å². The Labute approximate surface area is 111 Å². The highest BCUT2D eigenvalue weighted by Gasteiger charge is 2.23. The second kappa shape index (κ2) is 5.01. The first-order chi connectivity index (χ1) is 9.26. The molecule has 1 unspecified atom stereocenters. The third kappa shape index (κ3) is 2.46. The fraction of sp³-hybridized carbons (Fsp3) is 0.429. The molecule has 0 saturated carbocycles. The number of amides is 1. The normalized spacial score (nSPS) is 19.6. The van der Waals surface area contributed by atoms with Crippen molar-refractivity contribution in [1.82, 2.24) is 15.6 Å². The second-order valence-electron chi connectivity index (χ2n) is 4.77. The number of carbonyl (C=O) groups is 1. The highest BCUT2D eigenvalue weighted by molar-refractivity contribution is 5.82. The number of carbonyl (C=O) groups excluding carboxylic acids is 1. The summed E-state index contributed by atoms with van der Waals surface area (Å²) in [5, 5.41) is 6.01. The van der Waals surface area contributed by atoms with Crippen molar-refractivity contribution in [2.45, 2.75) is 25.8 Å². The van der Waals surface area contributed by atoms with Crippen LogP contribution in [0.5, 0.6) is 0 Å². The van der Waals surface area contributed by atoms with Crippen molar-refractivity contribution < 1.29 is 9.21 Å². The summed E-state index contributed by atoms with van der Waals surface area (Å²) in [6.07, 6.45) is 1.46. The molecule has 5 heteroatoms. The molecule has 0 aliphatic carbocycles. The van der Waals surface area contributed by atoms with Gasteiger partial charge in [0.2, 0.25) is 5.91 Å². The van der Waals surface area contributed by atoms with Crippen LogP contribution in [0.25, 0.3) is 11.1 Å². The van der Waals surface area contributed by atoms with Gasteiger partial charge in [-0.3, -0.25) is 4.79 Å². The van der Waals surface area contributed by atoms with E-state index in [9.17, 15) is 4.79 Å². The van der Waals surface area contributed by atoms with Crippen molar-refractivity contribution in [2.75, 3.05) is 13.1 Å². The predicted octanol–water partition coefficient (Wildman–Crippen LogP) is 1.02. The molecule has 1 saturated heterocycles. The molecule has 1 fully saturated rings. The van der Waals surface area contributed by atoms with Gasteiger partial charge >= 0.3 is 0 Å². The number of hydrogen-bond donors (Lipinski definition) is 2. The summed E-state index contributed by atoms with van der Waals surface area (Å²) in [5.41, 5.74) is 2.88. The Morgan fingerprint density at radius 3 is 3.11 bits per heavy atom. The Kier molecular flexibility index (Phi) is 3.21. The molecular weight excluding hydrogens is 242 g/mol. The number of rotatable bonds is 3. The van der Waals surface area contributed by atoms with E-state index in [1.165, 1.54) is 5.56 Å². The Morgan fingerprint density at radius 2 is 2.32 bits per heavy atom. The molecule has 5 nitrogen and oxygen atoms in total. The number of nitrogens with one attached hydrogen (secondary N) is 2. The van der Waals surface area contributed by atoms with Crippen LogP contribution in [0.3, 0.4) is 0 Å². The van der Waals surface area contributed by atoms with Gasteiger partial charge in [0.1, 0.15) is 5.52 Å². The van der Waals surface area contributed by atoms with Gasteiger partial charge in [-0.1, -0.05) is 13.0 Å². The van der Waals surface area contributed by atoms with E-state index in [-0.39, 0.29) is 11.9 Å². The Morgan fingerprint density at radius 1 is 1.42 bits per heavy atom. The van der Waals surface area contributed by atoms with E-state index in [1.54, 1.807) is 0 Å². The smallest absolute Gasteiger partial charge is 0.237 e. The molecule has 2 N–H and O–H groups in total. The van der Waals surface area contributed by atoms with Crippen LogP contribution in [0.1, 0.15) is 18.4 Å². The molecule has 1 aliphatic rings. The summed E-state index contributed by atoms with van der Waals surface area (Å²) in [4.78, 5) is 16.1. The van der Waals surface area contributed by atoms with E-state index < -0.39 is 0 Å². The van der Waals surface area contributed by atoms with Gasteiger partial charge in [0.25, 0.3) is 0 Å². The molecule has 0 bridgehead atoms. The van der Waals surface area contributed by atoms with E-state index in [4.69, 9.17) is 4.42 Å². The maximum absolute atomic E-state index is 11.7. The molecule has 2 heterocycles. The SMILES string of the molecule is CCc1ccc2oc(CC3NCCNC3=O)nc2c1. The Bertz CT molecular complexity index is 606. The lowest BCUT2D eigenvalue weighted by Crippen LogP contribution is -2.53. The van der Waals surface area contributed by atoms with Crippen LogP contribution in [0.2, 0.25) is 0 Å². The lowest BCUT2D eigenvalue weighted by Gasteiger charge is -2.22. The van der Waals surface area contributed by atoms with E-state index in [0.717, 1.165) is 24.1 Å². The minimum absolute atomic E-state index is 0.0164. The van der Waals surface area contributed by atoms with E-state index in [0.29, 0.717) is 18.9 Å². The summed E-state index contributed by atoms with van der Waals surface area (Å²) >= 11 is 0. The fourth-order valence-electron chi connectivity index (χ4n) is 2.32. The van der Waals surface area contributed by atoms with Gasteiger partial charge in [-0.05, 0) is 24.1 Å². The summed E-state index contributed by atoms with van der Waals surface area (Å²) < 4.78 is 5.69. The summed E-state index contributed by atoms with van der Waals surface area (Å²) in [6, 6.07) is 5.78. The van der Waals surface area contributed by atoms with Crippen LogP contribution < -0.4 is 10.6 Å². The summed E-state index contributed by atoms with van der Waals surface area (Å²) in [5.74, 6) is 0.626. The molecule has 1 atom stereocenters. The van der Waals surface area contributed by atoms with Crippen molar-refractivity contribution in [3.05, 3.63) is 29.7 Å². The number of aromatic nitrogens is 1. The van der Waals surface area contributed by atoms with Gasteiger partial charge < -0.3 is 15.1 Å². The molecule has 100 valence electrons. The lowest BCUT2D eigenvalue weighted by molar-refractivity contribution is -0.124. The number of piperazine rings is 1. The second-order valence-corrected chi connectivity index (χ2v) is 4.77. The average Bonchev–Trinajstić information content (AvgIpc) is 2.82. The molecule has 1 amide bonds. The van der Waals surface area contributed by atoms with Gasteiger partial charge in [0, 0.05) is 19.5 Å². The minimum atomic E-state index is -0.243. The highest BCUT2D eigenvalue weighted by atomic mass is 16.3. The first-order valence-electron chi connectivity index (χ1n) is 6.65. The first kappa shape index (κ1) is 12.2. The van der Waals surface area contributed by atoms with E-state index >= 15 is 0 Å². The zero-order chi connectivity index (χ0) is 13.2. The molecular formula is C14H17N3O2. The molecule has 0 spiro atoms. The molecule has 3 rings (SSSR count). The van der Waals surface area contributed by atoms with E-state index in [2.05, 4.69) is 22.5 Å². The molecule has 1 aliphatic heterocycles. The lowest BCUT2D eigenvalue weighted by atomic mass is 10.1. The van der Waals surface area contributed by atoms with Crippen LogP contribution in [0.15, 0.2) is 22.6 Å². The number of hydrogen-bond acceptors (Lipinski definition) is 4. The monoisotopic (exact) mass is 259 g/mol. The molecule has 19 heavy (non-hydrogen) atoms.